The van der Waals surface area contributed by atoms with E-state index in [-0.39, 0.29) is 0 Å². The fraction of sp³-hybridized carbons (Fsp3) is 0.286. The van der Waals surface area contributed by atoms with Gasteiger partial charge < -0.3 is 9.73 Å². The summed E-state index contributed by atoms with van der Waals surface area (Å²) < 4.78 is 6.36. The fourth-order valence-electron chi connectivity index (χ4n) is 1.75. The van der Waals surface area contributed by atoms with Crippen molar-refractivity contribution in [1.29, 1.82) is 0 Å². The summed E-state index contributed by atoms with van der Waals surface area (Å²) in [5, 5.41) is 4.21. The van der Waals surface area contributed by atoms with E-state index in [0.717, 1.165) is 28.2 Å². The van der Waals surface area contributed by atoms with Crippen molar-refractivity contribution in [1.82, 2.24) is 5.32 Å². The molecule has 0 amide bonds. The summed E-state index contributed by atoms with van der Waals surface area (Å²) in [5.41, 5.74) is 1.20. The first-order chi connectivity index (χ1) is 8.65. The lowest BCUT2D eigenvalue weighted by atomic mass is 10.1. The van der Waals surface area contributed by atoms with Crippen molar-refractivity contribution in [2.24, 2.45) is 0 Å². The van der Waals surface area contributed by atoms with Crippen LogP contribution in [0.2, 0.25) is 5.02 Å². The summed E-state index contributed by atoms with van der Waals surface area (Å²) in [6.45, 7) is 2.95. The third kappa shape index (κ3) is 3.87. The van der Waals surface area contributed by atoms with E-state index in [9.17, 15) is 0 Å². The molecule has 0 fully saturated rings. The van der Waals surface area contributed by atoms with Crippen molar-refractivity contribution in [2.45, 2.75) is 25.9 Å². The molecule has 96 valence electrons. The Labute approximate surface area is 120 Å². The molecule has 1 atom stereocenters. The maximum atomic E-state index is 5.91. The number of hydrogen-bond donors (Lipinski definition) is 1. The highest BCUT2D eigenvalue weighted by molar-refractivity contribution is 9.10. The Bertz CT molecular complexity index is 499. The summed E-state index contributed by atoms with van der Waals surface area (Å²) >= 11 is 9.43. The third-order valence-corrected chi connectivity index (χ3v) is 3.72. The molecule has 4 heteroatoms. The van der Waals surface area contributed by atoms with E-state index in [1.54, 1.807) is 6.26 Å². The van der Waals surface area contributed by atoms with Gasteiger partial charge in [0.25, 0.3) is 0 Å². The molecule has 0 aliphatic rings. The minimum absolute atomic E-state index is 0.360. The zero-order valence-electron chi connectivity index (χ0n) is 10.1. The second-order valence-electron chi connectivity index (χ2n) is 4.30. The summed E-state index contributed by atoms with van der Waals surface area (Å²) in [7, 11) is 0. The van der Waals surface area contributed by atoms with E-state index < -0.39 is 0 Å². The van der Waals surface area contributed by atoms with Crippen molar-refractivity contribution >= 4 is 27.5 Å². The van der Waals surface area contributed by atoms with Crippen molar-refractivity contribution < 1.29 is 4.42 Å². The predicted octanol–water partition coefficient (Wildman–Crippen LogP) is 4.42. The van der Waals surface area contributed by atoms with Gasteiger partial charge in [-0.2, -0.15) is 0 Å². The summed E-state index contributed by atoms with van der Waals surface area (Å²) in [6, 6.07) is 10.1. The molecule has 2 nitrogen and oxygen atoms in total. The monoisotopic (exact) mass is 327 g/mol. The van der Waals surface area contributed by atoms with E-state index in [1.165, 1.54) is 5.56 Å². The number of rotatable bonds is 5. The first kappa shape index (κ1) is 13.7. The molecule has 1 aromatic carbocycles. The number of nitrogens with one attached hydrogen (secondary N) is 1. The number of halogens is 2. The van der Waals surface area contributed by atoms with E-state index in [0.29, 0.717) is 6.04 Å². The lowest BCUT2D eigenvalue weighted by Gasteiger charge is -2.13. The average Bonchev–Trinajstić information content (AvgIpc) is 2.80. The number of benzene rings is 1. The Kier molecular flexibility index (Phi) is 4.87. The third-order valence-electron chi connectivity index (χ3n) is 2.74. The molecule has 1 aromatic heterocycles. The minimum Gasteiger partial charge on any atom is -0.469 e. The van der Waals surface area contributed by atoms with Crippen molar-refractivity contribution in [3.63, 3.8) is 0 Å². The number of furan rings is 1. The maximum Gasteiger partial charge on any atom is 0.105 e. The first-order valence-corrected chi connectivity index (χ1v) is 7.02. The smallest absolute Gasteiger partial charge is 0.105 e. The second-order valence-corrected chi connectivity index (χ2v) is 5.59. The maximum absolute atomic E-state index is 5.91. The van der Waals surface area contributed by atoms with E-state index in [1.807, 2.05) is 30.3 Å². The van der Waals surface area contributed by atoms with Gasteiger partial charge in [0.15, 0.2) is 0 Å². The molecule has 0 aliphatic carbocycles. The Balaban J connectivity index is 1.87. The van der Waals surface area contributed by atoms with Crippen molar-refractivity contribution in [3.05, 3.63) is 57.4 Å². The molecular weight excluding hydrogens is 314 g/mol. The van der Waals surface area contributed by atoms with Gasteiger partial charge in [0.2, 0.25) is 0 Å². The van der Waals surface area contributed by atoms with Crippen molar-refractivity contribution in [3.8, 4) is 0 Å². The Morgan fingerprint density at radius 1 is 1.39 bits per heavy atom. The van der Waals surface area contributed by atoms with Crippen LogP contribution in [0, 0.1) is 0 Å². The largest absolute Gasteiger partial charge is 0.469 e. The van der Waals surface area contributed by atoms with Crippen LogP contribution in [0.25, 0.3) is 0 Å². The highest BCUT2D eigenvalue weighted by Gasteiger charge is 2.06. The SMILES string of the molecule is CC(Cc1ccco1)NCc1ccc(Cl)cc1Br. The molecular formula is C14H15BrClNO. The lowest BCUT2D eigenvalue weighted by Crippen LogP contribution is -2.27. The highest BCUT2D eigenvalue weighted by Crippen LogP contribution is 2.21. The Morgan fingerprint density at radius 3 is 2.89 bits per heavy atom. The molecule has 0 spiro atoms. The average molecular weight is 329 g/mol. The van der Waals surface area contributed by atoms with Crippen LogP contribution in [-0.2, 0) is 13.0 Å². The molecule has 2 aromatic rings. The normalized spacial score (nSPS) is 12.6. The van der Waals surface area contributed by atoms with Crippen LogP contribution in [0.4, 0.5) is 0 Å². The van der Waals surface area contributed by atoms with Gasteiger partial charge in [0.05, 0.1) is 6.26 Å². The quantitative estimate of drug-likeness (QED) is 0.879. The first-order valence-electron chi connectivity index (χ1n) is 5.85. The standard InChI is InChI=1S/C14H15BrClNO/c1-10(7-13-3-2-6-18-13)17-9-11-4-5-12(16)8-14(11)15/h2-6,8,10,17H,7,9H2,1H3. The topological polar surface area (TPSA) is 25.2 Å². The minimum atomic E-state index is 0.360. The summed E-state index contributed by atoms with van der Waals surface area (Å²) in [6.07, 6.45) is 2.59. The Morgan fingerprint density at radius 2 is 2.22 bits per heavy atom. The molecule has 0 saturated carbocycles. The van der Waals surface area contributed by atoms with Crippen LogP contribution >= 0.6 is 27.5 Å². The molecule has 0 bridgehead atoms. The van der Waals surface area contributed by atoms with E-state index in [2.05, 4.69) is 28.2 Å². The van der Waals surface area contributed by atoms with Gasteiger partial charge in [0, 0.05) is 28.5 Å². The van der Waals surface area contributed by atoms with Crippen molar-refractivity contribution in [2.75, 3.05) is 0 Å². The molecule has 0 saturated heterocycles. The van der Waals surface area contributed by atoms with E-state index >= 15 is 0 Å². The van der Waals surface area contributed by atoms with Gasteiger partial charge in [-0.05, 0) is 36.8 Å². The van der Waals surface area contributed by atoms with Gasteiger partial charge in [-0.1, -0.05) is 33.6 Å². The predicted molar refractivity (Wildman–Crippen MR) is 77.9 cm³/mol. The van der Waals surface area contributed by atoms with Gasteiger partial charge in [-0.3, -0.25) is 0 Å². The van der Waals surface area contributed by atoms with Gasteiger partial charge >= 0.3 is 0 Å². The lowest BCUT2D eigenvalue weighted by molar-refractivity contribution is 0.456. The molecule has 18 heavy (non-hydrogen) atoms. The summed E-state index contributed by atoms with van der Waals surface area (Å²) in [5.74, 6) is 1.00. The zero-order chi connectivity index (χ0) is 13.0. The molecule has 0 aliphatic heterocycles. The van der Waals surface area contributed by atoms with Crippen LogP contribution in [0.1, 0.15) is 18.2 Å². The summed E-state index contributed by atoms with van der Waals surface area (Å²) in [4.78, 5) is 0. The molecule has 0 radical (unpaired) electrons. The van der Waals surface area contributed by atoms with Gasteiger partial charge in [-0.25, -0.2) is 0 Å². The van der Waals surface area contributed by atoms with Crippen LogP contribution in [0.5, 0.6) is 0 Å². The molecule has 2 rings (SSSR count). The van der Waals surface area contributed by atoms with Gasteiger partial charge in [-0.15, -0.1) is 0 Å². The van der Waals surface area contributed by atoms with Crippen LogP contribution in [0.3, 0.4) is 0 Å². The fourth-order valence-corrected chi connectivity index (χ4v) is 2.57. The molecule has 1 unspecified atom stereocenters. The highest BCUT2D eigenvalue weighted by atomic mass is 79.9. The number of hydrogen-bond acceptors (Lipinski definition) is 2. The molecule has 1 N–H and O–H groups in total. The van der Waals surface area contributed by atoms with Crippen LogP contribution in [0.15, 0.2) is 45.5 Å². The second kappa shape index (κ2) is 6.41. The van der Waals surface area contributed by atoms with Gasteiger partial charge in [0.1, 0.15) is 5.76 Å². The molecule has 1 heterocycles. The van der Waals surface area contributed by atoms with Crippen LogP contribution in [-0.4, -0.2) is 6.04 Å². The zero-order valence-corrected chi connectivity index (χ0v) is 12.5. The van der Waals surface area contributed by atoms with E-state index in [4.69, 9.17) is 16.0 Å². The Hall–Kier alpha value is -0.770. The van der Waals surface area contributed by atoms with Crippen LogP contribution < -0.4 is 5.32 Å².